The van der Waals surface area contributed by atoms with Crippen molar-refractivity contribution in [1.29, 1.82) is 0 Å². The molecule has 0 bridgehead atoms. The van der Waals surface area contributed by atoms with Crippen LogP contribution in [-0.4, -0.2) is 12.5 Å². The summed E-state index contributed by atoms with van der Waals surface area (Å²) in [5.74, 6) is 0. The molecule has 118 valence electrons. The van der Waals surface area contributed by atoms with Gasteiger partial charge < -0.3 is 10.4 Å². The first-order chi connectivity index (χ1) is 10.5. The summed E-state index contributed by atoms with van der Waals surface area (Å²) in [4.78, 5) is 1.92. The Balaban J connectivity index is 2.21. The van der Waals surface area contributed by atoms with E-state index >= 15 is 0 Å². The van der Waals surface area contributed by atoms with E-state index < -0.39 is 0 Å². The molecule has 0 aliphatic rings. The molecule has 0 N–H and O–H groups in total. The summed E-state index contributed by atoms with van der Waals surface area (Å²) in [6.45, 7) is 3.61. The highest BCUT2D eigenvalue weighted by Gasteiger charge is 2.18. The Morgan fingerprint density at radius 2 is 1.09 bits per heavy atom. The van der Waals surface area contributed by atoms with Gasteiger partial charge in [-0.1, -0.05) is 0 Å². The minimum atomic E-state index is 0.576. The zero-order valence-corrected chi connectivity index (χ0v) is 15.9. The number of hydrogen-bond donors (Lipinski definition) is 0. The van der Waals surface area contributed by atoms with Crippen molar-refractivity contribution in [2.75, 3.05) is 12.5 Å². The van der Waals surface area contributed by atoms with E-state index in [9.17, 15) is 10.4 Å². The molecule has 4 nitrogen and oxygen atoms in total. The molecule has 2 heterocycles. The molecule has 2 aromatic heterocycles. The molecule has 0 saturated carbocycles. The maximum absolute atomic E-state index is 12.2. The highest BCUT2D eigenvalue weighted by molar-refractivity contribution is 8.76. The van der Waals surface area contributed by atoms with Crippen LogP contribution in [0, 0.1) is 24.3 Å². The average Bonchev–Trinajstić information content (AvgIpc) is 2.52. The van der Waals surface area contributed by atoms with Gasteiger partial charge in [0.2, 0.25) is 11.4 Å². The Bertz CT molecular complexity index is 636. The molecule has 0 radical (unpaired) electrons. The molecule has 0 unspecified atom stereocenters. The third kappa shape index (κ3) is 3.61. The van der Waals surface area contributed by atoms with Crippen LogP contribution in [0.4, 0.5) is 0 Å². The lowest BCUT2D eigenvalue weighted by Crippen LogP contribution is -2.34. The number of thioether (sulfide) groups is 2. The standard InChI is InChI=1S/C14H16N2O2S4/c1-9-11(19-3)5-7-13(15(9)17)21-22-14-8-6-12(20-4)10(2)16(14)18/h5-8H,1-4H3. The Kier molecular flexibility index (Phi) is 6.19. The Morgan fingerprint density at radius 3 is 1.41 bits per heavy atom. The fraction of sp³-hybridized carbons (Fsp3) is 0.286. The summed E-state index contributed by atoms with van der Waals surface area (Å²) < 4.78 is 1.84. The second-order valence-corrected chi connectivity index (χ2v) is 8.27. The number of pyridine rings is 2. The van der Waals surface area contributed by atoms with Crippen LogP contribution in [0.5, 0.6) is 0 Å². The Hall–Kier alpha value is -0.700. The first kappa shape index (κ1) is 17.7. The molecular formula is C14H16N2O2S4. The molecule has 2 aromatic rings. The SMILES string of the molecule is CSc1ccc(SSc2ccc(SC)c(C)[n+]2[O-])[n+]([O-])c1C. The average molecular weight is 373 g/mol. The predicted octanol–water partition coefficient (Wildman–Crippen LogP) is 3.81. The lowest BCUT2D eigenvalue weighted by molar-refractivity contribution is -0.655. The van der Waals surface area contributed by atoms with Crippen LogP contribution in [0.2, 0.25) is 0 Å². The number of nitrogens with zero attached hydrogens (tertiary/aromatic N) is 2. The van der Waals surface area contributed by atoms with E-state index in [-0.39, 0.29) is 0 Å². The monoisotopic (exact) mass is 372 g/mol. The van der Waals surface area contributed by atoms with Crippen molar-refractivity contribution in [3.8, 4) is 0 Å². The number of rotatable bonds is 5. The van der Waals surface area contributed by atoms with Crippen molar-refractivity contribution in [3.63, 3.8) is 0 Å². The van der Waals surface area contributed by atoms with Crippen molar-refractivity contribution in [1.82, 2.24) is 0 Å². The Labute approximate surface area is 146 Å². The van der Waals surface area contributed by atoms with Crippen LogP contribution in [0.3, 0.4) is 0 Å². The Morgan fingerprint density at radius 1 is 0.727 bits per heavy atom. The quantitative estimate of drug-likeness (QED) is 0.344. The highest BCUT2D eigenvalue weighted by atomic mass is 33.1. The first-order valence-electron chi connectivity index (χ1n) is 6.38. The number of hydrogen-bond acceptors (Lipinski definition) is 6. The summed E-state index contributed by atoms with van der Waals surface area (Å²) >= 11 is 3.10. The lowest BCUT2D eigenvalue weighted by Gasteiger charge is -2.10. The third-order valence-corrected chi connectivity index (χ3v) is 7.18. The molecule has 0 spiro atoms. The third-order valence-electron chi connectivity index (χ3n) is 3.13. The van der Waals surface area contributed by atoms with E-state index in [1.54, 1.807) is 49.5 Å². The van der Waals surface area contributed by atoms with Gasteiger partial charge in [-0.3, -0.25) is 0 Å². The van der Waals surface area contributed by atoms with E-state index in [1.807, 2.05) is 24.6 Å². The topological polar surface area (TPSA) is 53.9 Å². The summed E-state index contributed by atoms with van der Waals surface area (Å²) in [6, 6.07) is 7.46. The van der Waals surface area contributed by atoms with Crippen LogP contribution in [0.1, 0.15) is 11.4 Å². The molecule has 0 saturated heterocycles. The molecule has 2 rings (SSSR count). The lowest BCUT2D eigenvalue weighted by atomic mass is 10.4. The van der Waals surface area contributed by atoms with Gasteiger partial charge in [0, 0.05) is 47.6 Å². The van der Waals surface area contributed by atoms with Crippen LogP contribution >= 0.6 is 45.1 Å². The molecule has 0 aliphatic carbocycles. The van der Waals surface area contributed by atoms with E-state index in [0.29, 0.717) is 21.4 Å². The highest BCUT2D eigenvalue weighted by Crippen LogP contribution is 2.35. The maximum atomic E-state index is 12.2. The van der Waals surface area contributed by atoms with Gasteiger partial charge in [-0.25, -0.2) is 0 Å². The number of aromatic nitrogens is 2. The molecule has 8 heteroatoms. The van der Waals surface area contributed by atoms with E-state index in [1.165, 1.54) is 21.6 Å². The molecule has 0 aromatic carbocycles. The summed E-state index contributed by atoms with van der Waals surface area (Å²) in [5.41, 5.74) is 1.36. The molecule has 0 fully saturated rings. The molecule has 0 amide bonds. The van der Waals surface area contributed by atoms with Gasteiger partial charge in [-0.15, -0.1) is 23.5 Å². The summed E-state index contributed by atoms with van der Waals surface area (Å²) in [7, 11) is 2.60. The van der Waals surface area contributed by atoms with Crippen molar-refractivity contribution in [3.05, 3.63) is 46.1 Å². The molecular weight excluding hydrogens is 356 g/mol. The van der Waals surface area contributed by atoms with E-state index in [2.05, 4.69) is 0 Å². The van der Waals surface area contributed by atoms with Crippen LogP contribution in [-0.2, 0) is 0 Å². The van der Waals surface area contributed by atoms with Crippen LogP contribution in [0.15, 0.2) is 44.1 Å². The normalized spacial score (nSPS) is 10.9. The minimum absolute atomic E-state index is 0.576. The van der Waals surface area contributed by atoms with Gasteiger partial charge in [0.25, 0.3) is 10.1 Å². The smallest absolute Gasteiger partial charge is 0.262 e. The van der Waals surface area contributed by atoms with Gasteiger partial charge in [-0.05, 0) is 24.6 Å². The summed E-state index contributed by atoms with van der Waals surface area (Å²) in [6.07, 6.45) is 3.89. The van der Waals surface area contributed by atoms with Crippen molar-refractivity contribution in [2.45, 2.75) is 33.7 Å². The van der Waals surface area contributed by atoms with Crippen LogP contribution in [0.25, 0.3) is 0 Å². The fourth-order valence-electron chi connectivity index (χ4n) is 1.84. The van der Waals surface area contributed by atoms with Gasteiger partial charge in [0.15, 0.2) is 0 Å². The van der Waals surface area contributed by atoms with Gasteiger partial charge in [0.05, 0.1) is 9.79 Å². The molecule has 0 aliphatic heterocycles. The first-order valence-corrected chi connectivity index (χ1v) is 11.0. The van der Waals surface area contributed by atoms with Gasteiger partial charge >= 0.3 is 0 Å². The van der Waals surface area contributed by atoms with E-state index in [0.717, 1.165) is 19.3 Å². The predicted molar refractivity (Wildman–Crippen MR) is 95.6 cm³/mol. The largest absolute Gasteiger partial charge is 0.618 e. The fourth-order valence-corrected chi connectivity index (χ4v) is 5.09. The van der Waals surface area contributed by atoms with Gasteiger partial charge in [-0.2, -0.15) is 9.46 Å². The van der Waals surface area contributed by atoms with Crippen molar-refractivity contribution >= 4 is 45.1 Å². The van der Waals surface area contributed by atoms with Gasteiger partial charge in [0.1, 0.15) is 0 Å². The van der Waals surface area contributed by atoms with Crippen molar-refractivity contribution in [2.24, 2.45) is 0 Å². The zero-order chi connectivity index (χ0) is 16.3. The maximum Gasteiger partial charge on any atom is 0.262 e. The van der Waals surface area contributed by atoms with E-state index in [4.69, 9.17) is 0 Å². The molecule has 0 atom stereocenters. The minimum Gasteiger partial charge on any atom is -0.618 e. The molecule has 22 heavy (non-hydrogen) atoms. The van der Waals surface area contributed by atoms with Crippen molar-refractivity contribution < 1.29 is 9.46 Å². The zero-order valence-electron chi connectivity index (χ0n) is 12.7. The van der Waals surface area contributed by atoms with Crippen LogP contribution < -0.4 is 9.46 Å². The second-order valence-electron chi connectivity index (χ2n) is 4.41. The second kappa shape index (κ2) is 7.72. The summed E-state index contributed by atoms with van der Waals surface area (Å²) in [5, 5.41) is 25.6.